The molecule has 1 aliphatic heterocycles. The molecular weight excluding hydrogens is 422 g/mol. The van der Waals surface area contributed by atoms with Gasteiger partial charge in [-0.3, -0.25) is 23.7 Å². The molecule has 0 aliphatic carbocycles. The first kappa shape index (κ1) is 20.7. The first-order valence-electron chi connectivity index (χ1n) is 9.88. The molecule has 4 rings (SSSR count). The van der Waals surface area contributed by atoms with Gasteiger partial charge in [-0.25, -0.2) is 4.98 Å². The van der Waals surface area contributed by atoms with Gasteiger partial charge in [0.1, 0.15) is 0 Å². The minimum Gasteiger partial charge on any atom is -0.351 e. The van der Waals surface area contributed by atoms with Gasteiger partial charge in [-0.05, 0) is 17.9 Å². The second kappa shape index (κ2) is 9.50. The smallest absolute Gasteiger partial charge is 0.261 e. The average molecular weight is 446 g/mol. The topological polar surface area (TPSA) is 87.0 Å². The lowest BCUT2D eigenvalue weighted by molar-refractivity contribution is -0.133. The molecule has 3 aromatic heterocycles. The number of carbonyl (C=O) groups excluding carboxylic acids is 2. The Balaban J connectivity index is 1.18. The molecule has 1 aliphatic rings. The number of aromatic nitrogens is 2. The van der Waals surface area contributed by atoms with Crippen molar-refractivity contribution in [3.8, 4) is 0 Å². The molecule has 0 bridgehead atoms. The van der Waals surface area contributed by atoms with Gasteiger partial charge in [-0.1, -0.05) is 6.07 Å². The quantitative estimate of drug-likeness (QED) is 0.559. The van der Waals surface area contributed by atoms with Gasteiger partial charge in [0.25, 0.3) is 11.5 Å². The Morgan fingerprint density at radius 2 is 1.97 bits per heavy atom. The number of hydrogen-bond donors (Lipinski definition) is 1. The molecule has 1 fully saturated rings. The molecular formula is C20H23N5O3S2. The van der Waals surface area contributed by atoms with Crippen LogP contribution in [0, 0.1) is 0 Å². The van der Waals surface area contributed by atoms with Crippen LogP contribution < -0.4 is 10.9 Å². The minimum atomic E-state index is -0.0833. The van der Waals surface area contributed by atoms with Gasteiger partial charge in [0.05, 0.1) is 10.6 Å². The summed E-state index contributed by atoms with van der Waals surface area (Å²) in [6.07, 6.45) is 2.79. The highest BCUT2D eigenvalue weighted by Crippen LogP contribution is 2.11. The Hall–Kier alpha value is -2.56. The van der Waals surface area contributed by atoms with E-state index in [9.17, 15) is 14.4 Å². The van der Waals surface area contributed by atoms with Crippen molar-refractivity contribution in [3.05, 3.63) is 56.1 Å². The Kier molecular flexibility index (Phi) is 6.56. The van der Waals surface area contributed by atoms with Crippen molar-refractivity contribution in [2.75, 3.05) is 32.7 Å². The summed E-state index contributed by atoms with van der Waals surface area (Å²) in [6.45, 7) is 3.95. The third-order valence-electron chi connectivity index (χ3n) is 5.06. The molecule has 0 atom stereocenters. The molecule has 158 valence electrons. The van der Waals surface area contributed by atoms with E-state index in [0.717, 1.165) is 18.8 Å². The van der Waals surface area contributed by atoms with Crippen LogP contribution >= 0.6 is 22.7 Å². The van der Waals surface area contributed by atoms with Crippen LogP contribution in [-0.2, 0) is 11.3 Å². The van der Waals surface area contributed by atoms with Crippen LogP contribution in [0.25, 0.3) is 4.96 Å². The third-order valence-corrected chi connectivity index (χ3v) is 6.69. The van der Waals surface area contributed by atoms with E-state index in [1.54, 1.807) is 22.7 Å². The van der Waals surface area contributed by atoms with Crippen molar-refractivity contribution >= 4 is 39.4 Å². The van der Waals surface area contributed by atoms with Gasteiger partial charge < -0.3 is 10.2 Å². The maximum absolute atomic E-state index is 12.4. The fourth-order valence-corrected chi connectivity index (χ4v) is 4.83. The van der Waals surface area contributed by atoms with E-state index in [2.05, 4.69) is 15.2 Å². The van der Waals surface area contributed by atoms with E-state index in [1.165, 1.54) is 22.7 Å². The summed E-state index contributed by atoms with van der Waals surface area (Å²) >= 11 is 2.85. The van der Waals surface area contributed by atoms with Crippen LogP contribution in [0.3, 0.4) is 0 Å². The van der Waals surface area contributed by atoms with Crippen LogP contribution in [0.4, 0.5) is 0 Å². The van der Waals surface area contributed by atoms with Gasteiger partial charge in [-0.15, -0.1) is 22.7 Å². The number of rotatable bonds is 7. The molecule has 0 unspecified atom stereocenters. The Morgan fingerprint density at radius 1 is 1.13 bits per heavy atom. The number of piperazine rings is 1. The number of thiazole rings is 1. The van der Waals surface area contributed by atoms with E-state index < -0.39 is 0 Å². The van der Waals surface area contributed by atoms with Crippen molar-refractivity contribution in [1.82, 2.24) is 24.5 Å². The zero-order valence-corrected chi connectivity index (χ0v) is 18.1. The molecule has 1 N–H and O–H groups in total. The molecule has 0 aromatic carbocycles. The second-order valence-electron chi connectivity index (χ2n) is 7.13. The van der Waals surface area contributed by atoms with E-state index in [1.807, 2.05) is 21.7 Å². The van der Waals surface area contributed by atoms with Crippen molar-refractivity contribution in [1.29, 1.82) is 0 Å². The number of carbonyl (C=O) groups is 2. The summed E-state index contributed by atoms with van der Waals surface area (Å²) in [5, 5.41) is 6.57. The highest BCUT2D eigenvalue weighted by molar-refractivity contribution is 7.15. The Labute approximate surface area is 181 Å². The summed E-state index contributed by atoms with van der Waals surface area (Å²) < 4.78 is 1.55. The Bertz CT molecular complexity index is 1070. The first-order valence-corrected chi connectivity index (χ1v) is 11.6. The highest BCUT2D eigenvalue weighted by atomic mass is 32.1. The predicted octanol–water partition coefficient (Wildman–Crippen LogP) is 1.67. The summed E-state index contributed by atoms with van der Waals surface area (Å²) in [4.78, 5) is 46.5. The van der Waals surface area contributed by atoms with E-state index >= 15 is 0 Å². The molecule has 0 saturated carbocycles. The summed E-state index contributed by atoms with van der Waals surface area (Å²) in [5.41, 5.74) is 0.708. The zero-order chi connectivity index (χ0) is 20.9. The fraction of sp³-hybridized carbons (Fsp3) is 0.400. The standard InChI is InChI=1S/C20H23N5O3S2/c26-17(4-1-5-21-19(28)16-3-2-11-29-16)24-8-6-23(7-9-24)14-15-13-18(27)25-10-12-30-20(25)22-15/h2-3,10-13H,1,4-9,14H2,(H,21,28). The van der Waals surface area contributed by atoms with Crippen molar-refractivity contribution in [2.45, 2.75) is 19.4 Å². The van der Waals surface area contributed by atoms with E-state index in [-0.39, 0.29) is 17.4 Å². The van der Waals surface area contributed by atoms with Crippen LogP contribution in [0.1, 0.15) is 28.2 Å². The summed E-state index contributed by atoms with van der Waals surface area (Å²) in [7, 11) is 0. The summed E-state index contributed by atoms with van der Waals surface area (Å²) in [5.74, 6) is 0.0384. The zero-order valence-electron chi connectivity index (χ0n) is 16.5. The number of thiophene rings is 1. The van der Waals surface area contributed by atoms with Crippen LogP contribution in [-0.4, -0.2) is 63.7 Å². The van der Waals surface area contributed by atoms with Gasteiger partial charge in [0, 0.05) is 63.3 Å². The van der Waals surface area contributed by atoms with E-state index in [4.69, 9.17) is 0 Å². The number of amides is 2. The highest BCUT2D eigenvalue weighted by Gasteiger charge is 2.21. The number of nitrogens with zero attached hydrogens (tertiary/aromatic N) is 4. The largest absolute Gasteiger partial charge is 0.351 e. The number of hydrogen-bond acceptors (Lipinski definition) is 7. The molecule has 8 nitrogen and oxygen atoms in total. The molecule has 3 aromatic rings. The number of nitrogens with one attached hydrogen (secondary N) is 1. The molecule has 30 heavy (non-hydrogen) atoms. The lowest BCUT2D eigenvalue weighted by Crippen LogP contribution is -2.48. The maximum Gasteiger partial charge on any atom is 0.261 e. The summed E-state index contributed by atoms with van der Waals surface area (Å²) in [6, 6.07) is 5.22. The molecule has 0 radical (unpaired) electrons. The van der Waals surface area contributed by atoms with Crippen molar-refractivity contribution in [2.24, 2.45) is 0 Å². The van der Waals surface area contributed by atoms with Gasteiger partial charge in [0.2, 0.25) is 5.91 Å². The van der Waals surface area contributed by atoms with Crippen molar-refractivity contribution in [3.63, 3.8) is 0 Å². The van der Waals surface area contributed by atoms with Crippen LogP contribution in [0.15, 0.2) is 40.0 Å². The average Bonchev–Trinajstić information content (AvgIpc) is 3.43. The van der Waals surface area contributed by atoms with Crippen LogP contribution in [0.5, 0.6) is 0 Å². The van der Waals surface area contributed by atoms with Crippen LogP contribution in [0.2, 0.25) is 0 Å². The number of fused-ring (bicyclic) bond motifs is 1. The molecule has 2 amide bonds. The lowest BCUT2D eigenvalue weighted by Gasteiger charge is -2.34. The second-order valence-corrected chi connectivity index (χ2v) is 8.96. The normalized spacial score (nSPS) is 14.9. The monoisotopic (exact) mass is 445 g/mol. The van der Waals surface area contributed by atoms with Crippen molar-refractivity contribution < 1.29 is 9.59 Å². The molecule has 0 spiro atoms. The maximum atomic E-state index is 12.4. The molecule has 10 heteroatoms. The van der Waals surface area contributed by atoms with E-state index in [0.29, 0.717) is 48.9 Å². The van der Waals surface area contributed by atoms with Gasteiger partial charge >= 0.3 is 0 Å². The minimum absolute atomic E-state index is 0.0590. The SMILES string of the molecule is O=C(NCCCC(=O)N1CCN(Cc2cc(=O)n3ccsc3n2)CC1)c1cccs1. The first-order chi connectivity index (χ1) is 14.6. The Morgan fingerprint density at radius 3 is 2.73 bits per heavy atom. The molecule has 4 heterocycles. The third kappa shape index (κ3) is 4.94. The lowest BCUT2D eigenvalue weighted by atomic mass is 10.2. The predicted molar refractivity (Wildman–Crippen MR) is 117 cm³/mol. The van der Waals surface area contributed by atoms with Gasteiger partial charge in [0.15, 0.2) is 4.96 Å². The van der Waals surface area contributed by atoms with Gasteiger partial charge in [-0.2, -0.15) is 0 Å². The fourth-order valence-electron chi connectivity index (χ4n) is 3.45. The molecule has 1 saturated heterocycles.